The van der Waals surface area contributed by atoms with Gasteiger partial charge in [0.25, 0.3) is 0 Å². The highest BCUT2D eigenvalue weighted by Crippen LogP contribution is 2.36. The summed E-state index contributed by atoms with van der Waals surface area (Å²) in [5.74, 6) is 1.22. The van der Waals surface area contributed by atoms with Crippen molar-refractivity contribution >= 4 is 46.3 Å². The Balaban J connectivity index is 1.76. The number of benzene rings is 1. The average molecular weight is 436 g/mol. The average Bonchev–Trinajstić information content (AvgIpc) is 3.21. The van der Waals surface area contributed by atoms with E-state index in [1.807, 2.05) is 34.9 Å². The highest BCUT2D eigenvalue weighted by molar-refractivity contribution is 7.19. The first kappa shape index (κ1) is 18.9. The minimum Gasteiger partial charge on any atom is -0.450 e. The second-order valence-electron chi connectivity index (χ2n) is 5.86. The van der Waals surface area contributed by atoms with E-state index in [9.17, 15) is 4.79 Å². The van der Waals surface area contributed by atoms with E-state index in [2.05, 4.69) is 15.5 Å². The van der Waals surface area contributed by atoms with E-state index in [4.69, 9.17) is 32.9 Å². The number of ether oxygens (including phenoxy) is 1. The number of thiophene rings is 1. The number of hydrogen-bond acceptors (Lipinski definition) is 6. The highest BCUT2D eigenvalue weighted by atomic mass is 35.5. The first-order chi connectivity index (χ1) is 13.6. The number of carbonyl (C=O) groups excluding carboxylic acids is 1. The molecule has 10 heteroatoms. The van der Waals surface area contributed by atoms with Crippen LogP contribution in [0, 0.1) is 0 Å². The van der Waals surface area contributed by atoms with Crippen LogP contribution in [0.4, 0.5) is 4.79 Å². The molecule has 0 bridgehead atoms. The molecule has 1 aromatic carbocycles. The van der Waals surface area contributed by atoms with Gasteiger partial charge >= 0.3 is 6.09 Å². The summed E-state index contributed by atoms with van der Waals surface area (Å²) < 4.78 is 7.39. The van der Waals surface area contributed by atoms with Crippen LogP contribution in [-0.2, 0) is 17.8 Å². The lowest BCUT2D eigenvalue weighted by atomic mass is 10.0. The zero-order valence-corrected chi connectivity index (χ0v) is 17.1. The molecule has 0 saturated carbocycles. The summed E-state index contributed by atoms with van der Waals surface area (Å²) in [5.41, 5.74) is 2.42. The molecule has 7 nitrogen and oxygen atoms in total. The van der Waals surface area contributed by atoms with Gasteiger partial charge in [-0.2, -0.15) is 0 Å². The summed E-state index contributed by atoms with van der Waals surface area (Å²) in [6.45, 7) is 2.54. The van der Waals surface area contributed by atoms with E-state index in [-0.39, 0.29) is 6.54 Å². The zero-order valence-electron chi connectivity index (χ0n) is 14.8. The number of carbonyl (C=O) groups is 1. The van der Waals surface area contributed by atoms with Crippen LogP contribution in [0.1, 0.15) is 29.7 Å². The fourth-order valence-corrected chi connectivity index (χ4v) is 4.43. The predicted octanol–water partition coefficient (Wildman–Crippen LogP) is 4.23. The molecule has 3 aromatic rings. The molecular formula is C18H15Cl2N5O2S. The maximum atomic E-state index is 11.7. The van der Waals surface area contributed by atoms with Gasteiger partial charge in [0.2, 0.25) is 0 Å². The number of aliphatic imine (C=N–C) groups is 1. The smallest absolute Gasteiger partial charge is 0.407 e. The van der Waals surface area contributed by atoms with E-state index >= 15 is 0 Å². The fraction of sp³-hybridized carbons (Fsp3) is 0.222. The number of alkyl carbamates (subject to hydrolysis) is 1. The zero-order chi connectivity index (χ0) is 19.7. The molecule has 1 N–H and O–H groups in total. The van der Waals surface area contributed by atoms with Crippen molar-refractivity contribution in [2.24, 2.45) is 4.99 Å². The molecule has 1 aliphatic heterocycles. The summed E-state index contributed by atoms with van der Waals surface area (Å²) in [5, 5.41) is 12.6. The molecule has 1 amide bonds. The maximum Gasteiger partial charge on any atom is 0.407 e. The van der Waals surface area contributed by atoms with Crippen molar-refractivity contribution in [3.05, 3.63) is 62.5 Å². The highest BCUT2D eigenvalue weighted by Gasteiger charge is 2.26. The van der Waals surface area contributed by atoms with Crippen molar-refractivity contribution in [2.75, 3.05) is 6.61 Å². The third-order valence-electron chi connectivity index (χ3n) is 4.11. The van der Waals surface area contributed by atoms with Crippen molar-refractivity contribution in [3.8, 4) is 5.00 Å². The number of halogens is 2. The minimum absolute atomic E-state index is 0.169. The van der Waals surface area contributed by atoms with Crippen LogP contribution >= 0.6 is 34.5 Å². The van der Waals surface area contributed by atoms with Gasteiger partial charge in [-0.15, -0.1) is 21.5 Å². The van der Waals surface area contributed by atoms with Gasteiger partial charge in [-0.25, -0.2) is 4.79 Å². The van der Waals surface area contributed by atoms with Crippen LogP contribution in [0.2, 0.25) is 9.36 Å². The van der Waals surface area contributed by atoms with Crippen LogP contribution in [0.15, 0.2) is 35.3 Å². The van der Waals surface area contributed by atoms with Crippen molar-refractivity contribution < 1.29 is 9.53 Å². The van der Waals surface area contributed by atoms with E-state index in [0.717, 1.165) is 21.8 Å². The van der Waals surface area contributed by atoms with Crippen LogP contribution in [0.25, 0.3) is 5.00 Å². The summed E-state index contributed by atoms with van der Waals surface area (Å²) >= 11 is 14.1. The Morgan fingerprint density at radius 3 is 2.89 bits per heavy atom. The van der Waals surface area contributed by atoms with E-state index < -0.39 is 6.09 Å². The van der Waals surface area contributed by atoms with E-state index in [1.54, 1.807) is 6.92 Å². The number of amides is 1. The van der Waals surface area contributed by atoms with Crippen LogP contribution < -0.4 is 5.32 Å². The predicted molar refractivity (Wildman–Crippen MR) is 109 cm³/mol. The Hall–Kier alpha value is -2.42. The molecule has 0 radical (unpaired) electrons. The summed E-state index contributed by atoms with van der Waals surface area (Å²) in [6, 6.07) is 9.40. The first-order valence-electron chi connectivity index (χ1n) is 8.51. The first-order valence-corrected chi connectivity index (χ1v) is 10.1. The fourth-order valence-electron chi connectivity index (χ4n) is 2.94. The number of aromatic nitrogens is 3. The topological polar surface area (TPSA) is 81.4 Å². The SMILES string of the molecule is CCOC(=O)NCc1nnc2n1-c1sc(Cl)cc1C(c1ccccc1Cl)=NC2. The molecule has 2 aromatic heterocycles. The van der Waals surface area contributed by atoms with Crippen molar-refractivity contribution in [1.29, 1.82) is 0 Å². The second kappa shape index (κ2) is 7.90. The molecular weight excluding hydrogens is 421 g/mol. The Kier molecular flexibility index (Phi) is 5.34. The van der Waals surface area contributed by atoms with Gasteiger partial charge in [-0.1, -0.05) is 41.4 Å². The van der Waals surface area contributed by atoms with Gasteiger partial charge in [-0.05, 0) is 19.1 Å². The molecule has 0 atom stereocenters. The Bertz CT molecular complexity index is 1080. The normalized spacial score (nSPS) is 12.6. The van der Waals surface area contributed by atoms with Crippen molar-refractivity contribution in [1.82, 2.24) is 20.1 Å². The molecule has 28 heavy (non-hydrogen) atoms. The molecule has 0 saturated heterocycles. The standard InChI is InChI=1S/C18H15Cl2N5O2S/c1-2-27-18(26)22-9-15-24-23-14-8-21-16(10-5-3-4-6-12(10)19)11-7-13(20)28-17(11)25(14)15/h3-7H,2,8-9H2,1H3,(H,22,26). The third-order valence-corrected chi connectivity index (χ3v) is 5.69. The lowest BCUT2D eigenvalue weighted by molar-refractivity contribution is 0.151. The van der Waals surface area contributed by atoms with E-state index in [1.165, 1.54) is 11.3 Å². The number of rotatable bonds is 4. The molecule has 1 aliphatic rings. The number of fused-ring (bicyclic) bond motifs is 3. The lowest BCUT2D eigenvalue weighted by Crippen LogP contribution is -2.25. The maximum absolute atomic E-state index is 11.7. The molecule has 0 aliphatic carbocycles. The quantitative estimate of drug-likeness (QED) is 0.664. The van der Waals surface area contributed by atoms with Gasteiger partial charge < -0.3 is 10.1 Å². The molecule has 0 unspecified atom stereocenters. The van der Waals surface area contributed by atoms with Gasteiger partial charge in [0, 0.05) is 16.1 Å². The largest absolute Gasteiger partial charge is 0.450 e. The summed E-state index contributed by atoms with van der Waals surface area (Å²) in [6.07, 6.45) is -0.508. The minimum atomic E-state index is -0.508. The van der Waals surface area contributed by atoms with Crippen LogP contribution in [-0.4, -0.2) is 33.2 Å². The van der Waals surface area contributed by atoms with Gasteiger partial charge in [0.05, 0.1) is 23.2 Å². The number of hydrogen-bond donors (Lipinski definition) is 1. The Labute approximate surface area is 175 Å². The Morgan fingerprint density at radius 1 is 1.29 bits per heavy atom. The molecule has 3 heterocycles. The van der Waals surface area contributed by atoms with Crippen molar-refractivity contribution in [2.45, 2.75) is 20.0 Å². The van der Waals surface area contributed by atoms with E-state index in [0.29, 0.717) is 34.2 Å². The Morgan fingerprint density at radius 2 is 2.11 bits per heavy atom. The number of nitrogens with zero attached hydrogens (tertiary/aromatic N) is 4. The van der Waals surface area contributed by atoms with Crippen LogP contribution in [0.3, 0.4) is 0 Å². The van der Waals surface area contributed by atoms with Gasteiger partial charge in [-0.3, -0.25) is 9.56 Å². The lowest BCUT2D eigenvalue weighted by Gasteiger charge is -2.10. The third kappa shape index (κ3) is 3.50. The number of nitrogens with one attached hydrogen (secondary N) is 1. The van der Waals surface area contributed by atoms with Crippen LogP contribution in [0.5, 0.6) is 0 Å². The molecule has 0 spiro atoms. The monoisotopic (exact) mass is 435 g/mol. The molecule has 4 rings (SSSR count). The van der Waals surface area contributed by atoms with Gasteiger partial charge in [0.15, 0.2) is 11.6 Å². The van der Waals surface area contributed by atoms with Gasteiger partial charge in [0.1, 0.15) is 11.5 Å². The summed E-state index contributed by atoms with van der Waals surface area (Å²) in [7, 11) is 0. The molecule has 144 valence electrons. The van der Waals surface area contributed by atoms with Crippen molar-refractivity contribution in [3.63, 3.8) is 0 Å². The molecule has 0 fully saturated rings. The second-order valence-corrected chi connectivity index (χ2v) is 7.93. The summed E-state index contributed by atoms with van der Waals surface area (Å²) in [4.78, 5) is 16.4.